The van der Waals surface area contributed by atoms with Gasteiger partial charge in [0.05, 0.1) is 18.8 Å². The standard InChI is InChI=1S/C18H20N4OS/c1-13(12-23)20-18-21-16(14-6-3-2-4-7-14)10-17(22-18)19-11-15-8-5-9-24-15/h2-10,13,23H,11-12H2,1H3,(H2,19,20,21,22)/t13-/m1/s1. The summed E-state index contributed by atoms with van der Waals surface area (Å²) in [6, 6.07) is 15.9. The lowest BCUT2D eigenvalue weighted by Crippen LogP contribution is -2.21. The molecule has 24 heavy (non-hydrogen) atoms. The highest BCUT2D eigenvalue weighted by atomic mass is 32.1. The Morgan fingerprint density at radius 3 is 2.67 bits per heavy atom. The van der Waals surface area contributed by atoms with Crippen LogP contribution in [0.5, 0.6) is 0 Å². The highest BCUT2D eigenvalue weighted by Gasteiger charge is 2.09. The van der Waals surface area contributed by atoms with Crippen molar-refractivity contribution < 1.29 is 5.11 Å². The Morgan fingerprint density at radius 2 is 1.96 bits per heavy atom. The second kappa shape index (κ2) is 7.90. The minimum atomic E-state index is -0.110. The number of aromatic nitrogens is 2. The fraction of sp³-hybridized carbons (Fsp3) is 0.222. The van der Waals surface area contributed by atoms with Crippen LogP contribution in [0.4, 0.5) is 11.8 Å². The molecule has 3 rings (SSSR count). The Balaban J connectivity index is 1.87. The van der Waals surface area contributed by atoms with E-state index < -0.39 is 0 Å². The molecular weight excluding hydrogens is 320 g/mol. The molecule has 0 aliphatic rings. The average molecular weight is 340 g/mol. The zero-order valence-corrected chi connectivity index (χ0v) is 14.3. The summed E-state index contributed by atoms with van der Waals surface area (Å²) >= 11 is 1.71. The van der Waals surface area contributed by atoms with Gasteiger partial charge in [-0.3, -0.25) is 0 Å². The summed E-state index contributed by atoms with van der Waals surface area (Å²) in [6.07, 6.45) is 0. The van der Waals surface area contributed by atoms with E-state index in [1.54, 1.807) is 11.3 Å². The Labute approximate surface area is 145 Å². The maximum atomic E-state index is 9.25. The molecule has 124 valence electrons. The van der Waals surface area contributed by atoms with Gasteiger partial charge in [-0.2, -0.15) is 4.98 Å². The molecule has 6 heteroatoms. The van der Waals surface area contributed by atoms with Gasteiger partial charge >= 0.3 is 0 Å². The molecule has 0 unspecified atom stereocenters. The molecule has 3 aromatic rings. The summed E-state index contributed by atoms with van der Waals surface area (Å²) in [5.74, 6) is 1.26. The normalized spacial score (nSPS) is 11.9. The van der Waals surface area contributed by atoms with Crippen molar-refractivity contribution in [1.29, 1.82) is 0 Å². The molecule has 1 atom stereocenters. The van der Waals surface area contributed by atoms with Crippen LogP contribution < -0.4 is 10.6 Å². The van der Waals surface area contributed by atoms with E-state index in [1.165, 1.54) is 4.88 Å². The molecular formula is C18H20N4OS. The number of benzene rings is 1. The lowest BCUT2D eigenvalue weighted by atomic mass is 10.1. The SMILES string of the molecule is C[C@H](CO)Nc1nc(NCc2cccs2)cc(-c2ccccc2)n1. The van der Waals surface area contributed by atoms with Gasteiger partial charge in [-0.05, 0) is 18.4 Å². The maximum absolute atomic E-state index is 9.25. The van der Waals surface area contributed by atoms with Crippen molar-refractivity contribution in [2.45, 2.75) is 19.5 Å². The highest BCUT2D eigenvalue weighted by molar-refractivity contribution is 7.09. The van der Waals surface area contributed by atoms with Gasteiger partial charge in [-0.15, -0.1) is 11.3 Å². The van der Waals surface area contributed by atoms with Crippen LogP contribution in [0, 0.1) is 0 Å². The number of thiophene rings is 1. The van der Waals surface area contributed by atoms with Crippen LogP contribution in [0.3, 0.4) is 0 Å². The third-order valence-corrected chi connectivity index (χ3v) is 4.35. The van der Waals surface area contributed by atoms with E-state index in [4.69, 9.17) is 0 Å². The third kappa shape index (κ3) is 4.31. The number of nitrogens with zero attached hydrogens (tertiary/aromatic N) is 2. The summed E-state index contributed by atoms with van der Waals surface area (Å²) in [5, 5.41) is 17.8. The first kappa shape index (κ1) is 16.4. The van der Waals surface area contributed by atoms with Crippen molar-refractivity contribution >= 4 is 23.1 Å². The quantitative estimate of drug-likeness (QED) is 0.613. The zero-order chi connectivity index (χ0) is 16.8. The first-order valence-corrected chi connectivity index (χ1v) is 8.70. The van der Waals surface area contributed by atoms with E-state index in [2.05, 4.69) is 32.0 Å². The number of nitrogens with one attached hydrogen (secondary N) is 2. The van der Waals surface area contributed by atoms with Crippen LogP contribution in [-0.4, -0.2) is 27.7 Å². The van der Waals surface area contributed by atoms with Gasteiger partial charge < -0.3 is 15.7 Å². The van der Waals surface area contributed by atoms with Crippen molar-refractivity contribution in [2.24, 2.45) is 0 Å². The Hall–Kier alpha value is -2.44. The fourth-order valence-corrected chi connectivity index (χ4v) is 2.86. The van der Waals surface area contributed by atoms with Gasteiger partial charge in [-0.25, -0.2) is 4.98 Å². The van der Waals surface area contributed by atoms with E-state index in [-0.39, 0.29) is 12.6 Å². The number of rotatable bonds is 7. The summed E-state index contributed by atoms with van der Waals surface area (Å²) in [4.78, 5) is 10.3. The summed E-state index contributed by atoms with van der Waals surface area (Å²) < 4.78 is 0. The lowest BCUT2D eigenvalue weighted by Gasteiger charge is -2.14. The van der Waals surface area contributed by atoms with Crippen LogP contribution in [0.2, 0.25) is 0 Å². The van der Waals surface area contributed by atoms with E-state index in [0.29, 0.717) is 5.95 Å². The zero-order valence-electron chi connectivity index (χ0n) is 13.4. The lowest BCUT2D eigenvalue weighted by molar-refractivity contribution is 0.281. The fourth-order valence-electron chi connectivity index (χ4n) is 2.22. The van der Waals surface area contributed by atoms with Crippen molar-refractivity contribution in [2.75, 3.05) is 17.2 Å². The number of hydrogen-bond donors (Lipinski definition) is 3. The van der Waals surface area contributed by atoms with E-state index >= 15 is 0 Å². The molecule has 0 saturated heterocycles. The predicted molar refractivity (Wildman–Crippen MR) is 99.3 cm³/mol. The van der Waals surface area contributed by atoms with Crippen molar-refractivity contribution in [3.8, 4) is 11.3 Å². The van der Waals surface area contributed by atoms with Crippen molar-refractivity contribution in [1.82, 2.24) is 9.97 Å². The molecule has 0 amide bonds. The number of hydrogen-bond acceptors (Lipinski definition) is 6. The van der Waals surface area contributed by atoms with E-state index in [1.807, 2.05) is 49.4 Å². The van der Waals surface area contributed by atoms with Crippen molar-refractivity contribution in [3.63, 3.8) is 0 Å². The molecule has 0 radical (unpaired) electrons. The Morgan fingerprint density at radius 1 is 1.12 bits per heavy atom. The van der Waals surface area contributed by atoms with Gasteiger partial charge in [0, 0.05) is 22.5 Å². The molecule has 0 fully saturated rings. The smallest absolute Gasteiger partial charge is 0.225 e. The minimum absolute atomic E-state index is 0.0247. The highest BCUT2D eigenvalue weighted by Crippen LogP contribution is 2.22. The van der Waals surface area contributed by atoms with Gasteiger partial charge in [0.15, 0.2) is 0 Å². The topological polar surface area (TPSA) is 70.1 Å². The third-order valence-electron chi connectivity index (χ3n) is 3.47. The predicted octanol–water partition coefficient (Wildman–Crippen LogP) is 3.61. The van der Waals surface area contributed by atoms with Gasteiger partial charge in [0.25, 0.3) is 0 Å². The number of aliphatic hydroxyl groups is 1. The van der Waals surface area contributed by atoms with Gasteiger partial charge in [-0.1, -0.05) is 36.4 Å². The molecule has 0 aliphatic carbocycles. The van der Waals surface area contributed by atoms with Crippen LogP contribution in [0.25, 0.3) is 11.3 Å². The molecule has 0 spiro atoms. The molecule has 1 aromatic carbocycles. The average Bonchev–Trinajstić information content (AvgIpc) is 3.14. The Bertz CT molecular complexity index is 762. The second-order valence-corrected chi connectivity index (χ2v) is 6.52. The molecule has 3 N–H and O–H groups in total. The molecule has 0 aliphatic heterocycles. The molecule has 0 bridgehead atoms. The summed E-state index contributed by atoms with van der Waals surface area (Å²) in [5.41, 5.74) is 1.87. The maximum Gasteiger partial charge on any atom is 0.225 e. The summed E-state index contributed by atoms with van der Waals surface area (Å²) in [6.45, 7) is 2.63. The number of anilines is 2. The van der Waals surface area contributed by atoms with Crippen LogP contribution in [-0.2, 0) is 6.54 Å². The number of aliphatic hydroxyl groups excluding tert-OH is 1. The largest absolute Gasteiger partial charge is 0.394 e. The van der Waals surface area contributed by atoms with E-state index in [0.717, 1.165) is 23.6 Å². The Kier molecular flexibility index (Phi) is 5.40. The molecule has 0 saturated carbocycles. The minimum Gasteiger partial charge on any atom is -0.394 e. The monoisotopic (exact) mass is 340 g/mol. The van der Waals surface area contributed by atoms with Crippen molar-refractivity contribution in [3.05, 3.63) is 58.8 Å². The molecule has 2 aromatic heterocycles. The van der Waals surface area contributed by atoms with Crippen LogP contribution in [0.1, 0.15) is 11.8 Å². The van der Waals surface area contributed by atoms with E-state index in [9.17, 15) is 5.11 Å². The first-order valence-electron chi connectivity index (χ1n) is 7.83. The van der Waals surface area contributed by atoms with Gasteiger partial charge in [0.1, 0.15) is 5.82 Å². The van der Waals surface area contributed by atoms with Crippen LogP contribution >= 0.6 is 11.3 Å². The second-order valence-electron chi connectivity index (χ2n) is 5.49. The van der Waals surface area contributed by atoms with Crippen LogP contribution in [0.15, 0.2) is 53.9 Å². The van der Waals surface area contributed by atoms with Gasteiger partial charge in [0.2, 0.25) is 5.95 Å². The molecule has 5 nitrogen and oxygen atoms in total. The summed E-state index contributed by atoms with van der Waals surface area (Å²) in [7, 11) is 0. The molecule has 2 heterocycles. The first-order chi connectivity index (χ1) is 11.7.